The van der Waals surface area contributed by atoms with E-state index in [4.69, 9.17) is 4.74 Å². The number of likely N-dealkylation sites (tertiary alicyclic amines) is 1. The van der Waals surface area contributed by atoms with Gasteiger partial charge in [-0.1, -0.05) is 13.8 Å². The van der Waals surface area contributed by atoms with Crippen LogP contribution in [-0.4, -0.2) is 47.9 Å². The molecule has 2 heterocycles. The number of carbonyl (C=O) groups excluding carboxylic acids is 2. The van der Waals surface area contributed by atoms with Crippen LogP contribution in [0.1, 0.15) is 59.3 Å². The largest absolute Gasteiger partial charge is 0.465 e. The van der Waals surface area contributed by atoms with E-state index < -0.39 is 5.97 Å². The van der Waals surface area contributed by atoms with E-state index in [-0.39, 0.29) is 11.8 Å². The Kier molecular flexibility index (Phi) is 5.30. The number of rotatable bonds is 4. The number of carbonyl (C=O) groups is 2. The van der Waals surface area contributed by atoms with Gasteiger partial charge in [0.1, 0.15) is 0 Å². The van der Waals surface area contributed by atoms with Crippen LogP contribution in [0.3, 0.4) is 0 Å². The van der Waals surface area contributed by atoms with E-state index >= 15 is 0 Å². The van der Waals surface area contributed by atoms with Crippen LogP contribution in [0.5, 0.6) is 0 Å². The summed E-state index contributed by atoms with van der Waals surface area (Å²) in [5.41, 5.74) is 2.37. The standard InChI is InChI=1S/C18H28N2O3/c1-10-7-11(2)9-20(8-10)14(5)17(21)16-12(3)15(13(4)19-16)18(22)23-6/h10-11,14,19H,7-9H2,1-6H3/t10-,11+,14-/m1/s1. The molecule has 0 saturated carbocycles. The second kappa shape index (κ2) is 6.87. The summed E-state index contributed by atoms with van der Waals surface area (Å²) in [5, 5.41) is 0. The average molecular weight is 320 g/mol. The first-order valence-corrected chi connectivity index (χ1v) is 8.31. The minimum atomic E-state index is -0.400. The smallest absolute Gasteiger partial charge is 0.339 e. The minimum absolute atomic E-state index is 0.0436. The molecule has 0 bridgehead atoms. The molecule has 1 aliphatic heterocycles. The summed E-state index contributed by atoms with van der Waals surface area (Å²) >= 11 is 0. The fraction of sp³-hybridized carbons (Fsp3) is 0.667. The summed E-state index contributed by atoms with van der Waals surface area (Å²) < 4.78 is 4.82. The van der Waals surface area contributed by atoms with Crippen molar-refractivity contribution >= 4 is 11.8 Å². The third-order valence-corrected chi connectivity index (χ3v) is 4.90. The van der Waals surface area contributed by atoms with E-state index in [1.165, 1.54) is 13.5 Å². The lowest BCUT2D eigenvalue weighted by Crippen LogP contribution is -2.47. The number of hydrogen-bond acceptors (Lipinski definition) is 4. The van der Waals surface area contributed by atoms with Gasteiger partial charge in [-0.25, -0.2) is 4.79 Å². The first kappa shape index (κ1) is 17.7. The van der Waals surface area contributed by atoms with E-state index in [1.54, 1.807) is 13.8 Å². The van der Waals surface area contributed by atoms with E-state index in [1.807, 2.05) is 6.92 Å². The molecule has 0 aromatic carbocycles. The Hall–Kier alpha value is -1.62. The summed E-state index contributed by atoms with van der Waals surface area (Å²) in [6.45, 7) is 11.9. The van der Waals surface area contributed by atoms with Gasteiger partial charge in [-0.2, -0.15) is 0 Å². The first-order chi connectivity index (χ1) is 10.8. The number of piperidine rings is 1. The number of aromatic amines is 1. The zero-order valence-electron chi connectivity index (χ0n) is 15.0. The van der Waals surface area contributed by atoms with Crippen LogP contribution in [-0.2, 0) is 4.74 Å². The zero-order valence-corrected chi connectivity index (χ0v) is 15.0. The van der Waals surface area contributed by atoms with Crippen molar-refractivity contribution in [2.24, 2.45) is 11.8 Å². The van der Waals surface area contributed by atoms with Crippen molar-refractivity contribution < 1.29 is 14.3 Å². The molecule has 1 aromatic rings. The Bertz CT molecular complexity index is 596. The van der Waals surface area contributed by atoms with E-state index in [0.29, 0.717) is 34.4 Å². The van der Waals surface area contributed by atoms with Crippen molar-refractivity contribution in [1.82, 2.24) is 9.88 Å². The van der Waals surface area contributed by atoms with E-state index in [9.17, 15) is 9.59 Å². The lowest BCUT2D eigenvalue weighted by molar-refractivity contribution is 0.0599. The van der Waals surface area contributed by atoms with Crippen LogP contribution in [0.15, 0.2) is 0 Å². The number of nitrogens with one attached hydrogen (secondary N) is 1. The van der Waals surface area contributed by atoms with E-state index in [0.717, 1.165) is 13.1 Å². The highest BCUT2D eigenvalue weighted by Crippen LogP contribution is 2.25. The Balaban J connectivity index is 2.25. The van der Waals surface area contributed by atoms with Gasteiger partial charge < -0.3 is 9.72 Å². The second-order valence-electron chi connectivity index (χ2n) is 7.06. The van der Waals surface area contributed by atoms with Crippen LogP contribution in [0.25, 0.3) is 0 Å². The SMILES string of the molecule is COC(=O)c1c(C)[nH]c(C(=O)[C@@H](C)N2C[C@H](C)C[C@H](C)C2)c1C. The molecule has 128 valence electrons. The summed E-state index contributed by atoms with van der Waals surface area (Å²) in [6, 6.07) is -0.192. The quantitative estimate of drug-likeness (QED) is 0.684. The van der Waals surface area contributed by atoms with E-state index in [2.05, 4.69) is 23.7 Å². The predicted octanol–water partition coefficient (Wildman–Crippen LogP) is 2.97. The highest BCUT2D eigenvalue weighted by molar-refractivity contribution is 6.03. The average Bonchev–Trinajstić information content (AvgIpc) is 2.79. The molecule has 1 aliphatic rings. The first-order valence-electron chi connectivity index (χ1n) is 8.31. The van der Waals surface area contributed by atoms with Crippen LogP contribution >= 0.6 is 0 Å². The number of aryl methyl sites for hydroxylation is 1. The molecular weight excluding hydrogens is 292 g/mol. The number of methoxy groups -OCH3 is 1. The van der Waals surface area contributed by atoms with Gasteiger partial charge in [-0.3, -0.25) is 9.69 Å². The molecule has 1 fully saturated rings. The molecule has 5 nitrogen and oxygen atoms in total. The van der Waals surface area contributed by atoms with Gasteiger partial charge in [0, 0.05) is 18.8 Å². The van der Waals surface area contributed by atoms with Crippen LogP contribution in [0, 0.1) is 25.7 Å². The Morgan fingerprint density at radius 1 is 1.22 bits per heavy atom. The summed E-state index contributed by atoms with van der Waals surface area (Å²) in [6.07, 6.45) is 1.21. The van der Waals surface area contributed by atoms with Crippen molar-refractivity contribution in [3.05, 3.63) is 22.5 Å². The van der Waals surface area contributed by atoms with Crippen LogP contribution in [0.2, 0.25) is 0 Å². The summed E-state index contributed by atoms with van der Waals surface area (Å²) in [4.78, 5) is 30.2. The number of esters is 1. The highest BCUT2D eigenvalue weighted by atomic mass is 16.5. The monoisotopic (exact) mass is 320 g/mol. The predicted molar refractivity (Wildman–Crippen MR) is 89.9 cm³/mol. The molecule has 0 aliphatic carbocycles. The lowest BCUT2D eigenvalue weighted by atomic mass is 9.90. The number of ether oxygens (including phenoxy) is 1. The maximum atomic E-state index is 12.9. The van der Waals surface area contributed by atoms with Crippen LogP contribution in [0.4, 0.5) is 0 Å². The number of nitrogens with zero attached hydrogens (tertiary/aromatic N) is 1. The molecule has 5 heteroatoms. The molecule has 1 N–H and O–H groups in total. The lowest BCUT2D eigenvalue weighted by Gasteiger charge is -2.38. The minimum Gasteiger partial charge on any atom is -0.465 e. The summed E-state index contributed by atoms with van der Waals surface area (Å²) in [7, 11) is 1.36. The molecular formula is C18H28N2O3. The third kappa shape index (κ3) is 3.50. The number of ketones is 1. The van der Waals surface area contributed by atoms with Gasteiger partial charge in [0.05, 0.1) is 24.4 Å². The molecule has 0 unspecified atom stereocenters. The van der Waals surface area contributed by atoms with Crippen molar-refractivity contribution in [2.45, 2.75) is 47.1 Å². The molecule has 3 atom stereocenters. The van der Waals surface area contributed by atoms with Crippen LogP contribution < -0.4 is 0 Å². The maximum Gasteiger partial charge on any atom is 0.339 e. The van der Waals surface area contributed by atoms with Gasteiger partial charge in [0.25, 0.3) is 0 Å². The number of Topliss-reactive ketones (excluding diaryl/α,β-unsaturated/α-hetero) is 1. The normalized spacial score (nSPS) is 23.6. The van der Waals surface area contributed by atoms with Crippen molar-refractivity contribution in [3.8, 4) is 0 Å². The third-order valence-electron chi connectivity index (χ3n) is 4.90. The zero-order chi connectivity index (χ0) is 17.3. The van der Waals surface area contributed by atoms with Gasteiger partial charge in [0.15, 0.2) is 5.78 Å². The highest BCUT2D eigenvalue weighted by Gasteiger charge is 2.32. The van der Waals surface area contributed by atoms with Gasteiger partial charge in [-0.15, -0.1) is 0 Å². The molecule has 0 amide bonds. The maximum absolute atomic E-state index is 12.9. The molecule has 0 spiro atoms. The molecule has 1 saturated heterocycles. The topological polar surface area (TPSA) is 62.4 Å². The Morgan fingerprint density at radius 3 is 2.30 bits per heavy atom. The Labute approximate surface area is 138 Å². The van der Waals surface area contributed by atoms with Crippen molar-refractivity contribution in [2.75, 3.05) is 20.2 Å². The van der Waals surface area contributed by atoms with Crippen molar-refractivity contribution in [1.29, 1.82) is 0 Å². The second-order valence-corrected chi connectivity index (χ2v) is 7.06. The molecule has 23 heavy (non-hydrogen) atoms. The molecule has 2 rings (SSSR count). The number of H-pyrrole nitrogens is 1. The Morgan fingerprint density at radius 2 is 1.78 bits per heavy atom. The van der Waals surface area contributed by atoms with Gasteiger partial charge in [0.2, 0.25) is 0 Å². The number of aromatic nitrogens is 1. The molecule has 1 aromatic heterocycles. The molecule has 0 radical (unpaired) electrons. The van der Waals surface area contributed by atoms with Crippen molar-refractivity contribution in [3.63, 3.8) is 0 Å². The fourth-order valence-corrected chi connectivity index (χ4v) is 3.81. The fourth-order valence-electron chi connectivity index (χ4n) is 3.81. The summed E-state index contributed by atoms with van der Waals surface area (Å²) in [5.74, 6) is 0.849. The van der Waals surface area contributed by atoms with Gasteiger partial charge in [-0.05, 0) is 44.6 Å². The van der Waals surface area contributed by atoms with Gasteiger partial charge >= 0.3 is 5.97 Å². The number of hydrogen-bond donors (Lipinski definition) is 1.